The minimum atomic E-state index is -0.576. The summed E-state index contributed by atoms with van der Waals surface area (Å²) in [4.78, 5) is 4.12. The average molecular weight is 439 g/mol. The summed E-state index contributed by atoms with van der Waals surface area (Å²) in [6, 6.07) is 23.1. The van der Waals surface area contributed by atoms with Gasteiger partial charge in [0.1, 0.15) is 24.1 Å². The molecule has 4 nitrogen and oxygen atoms in total. The maximum atomic E-state index is 10.9. The number of hydrogen-bond donors (Lipinski definition) is 1. The topological polar surface area (TPSA) is 66.1 Å². The second-order valence-corrected chi connectivity index (χ2v) is 9.99. The maximum absolute atomic E-state index is 10.9. The third kappa shape index (κ3) is 4.26. The van der Waals surface area contributed by atoms with Gasteiger partial charge < -0.3 is 9.84 Å². The van der Waals surface area contributed by atoms with Crippen molar-refractivity contribution in [1.29, 1.82) is 5.26 Å². The van der Waals surface area contributed by atoms with E-state index in [9.17, 15) is 10.4 Å². The van der Waals surface area contributed by atoms with Gasteiger partial charge in [0.05, 0.1) is 5.60 Å². The molecule has 2 aromatic carbocycles. The Morgan fingerprint density at radius 1 is 1.12 bits per heavy atom. The number of nitrogens with zero attached hydrogens (tertiary/aromatic N) is 2. The summed E-state index contributed by atoms with van der Waals surface area (Å²) < 4.78 is 6.09. The fourth-order valence-corrected chi connectivity index (χ4v) is 6.04. The first-order valence-corrected chi connectivity index (χ1v) is 11.9. The van der Waals surface area contributed by atoms with Gasteiger partial charge in [-0.15, -0.1) is 0 Å². The zero-order valence-corrected chi connectivity index (χ0v) is 19.1. The molecule has 1 saturated carbocycles. The van der Waals surface area contributed by atoms with E-state index >= 15 is 0 Å². The first-order chi connectivity index (χ1) is 16.0. The lowest BCUT2D eigenvalue weighted by Gasteiger charge is -2.52. The SMILES string of the molecule is C[C@@]1(O)CC[C@@]2(Cc3ccccc3)c3ccc(OCc4cccnc4C#N)cc3CC[C@@H]2C1. The third-order valence-electron chi connectivity index (χ3n) is 7.71. The summed E-state index contributed by atoms with van der Waals surface area (Å²) in [6.07, 6.45) is 7.39. The lowest BCUT2D eigenvalue weighted by atomic mass is 9.53. The van der Waals surface area contributed by atoms with Crippen molar-refractivity contribution in [2.24, 2.45) is 5.92 Å². The van der Waals surface area contributed by atoms with Gasteiger partial charge in [0.2, 0.25) is 0 Å². The Labute approximate surface area is 195 Å². The molecule has 0 unspecified atom stereocenters. The molecule has 0 saturated heterocycles. The number of aromatic nitrogens is 1. The van der Waals surface area contributed by atoms with E-state index < -0.39 is 5.60 Å². The molecule has 5 rings (SSSR count). The molecule has 33 heavy (non-hydrogen) atoms. The monoisotopic (exact) mass is 438 g/mol. The molecule has 3 aromatic rings. The molecule has 3 atom stereocenters. The van der Waals surface area contributed by atoms with E-state index in [2.05, 4.69) is 59.6 Å². The molecule has 1 fully saturated rings. The minimum absolute atomic E-state index is 0.0486. The number of aliphatic hydroxyl groups is 1. The summed E-state index contributed by atoms with van der Waals surface area (Å²) >= 11 is 0. The number of nitriles is 1. The Kier molecular flexibility index (Phi) is 5.68. The first-order valence-electron chi connectivity index (χ1n) is 11.9. The van der Waals surface area contributed by atoms with Gasteiger partial charge in [0.25, 0.3) is 0 Å². The smallest absolute Gasteiger partial charge is 0.147 e. The van der Waals surface area contributed by atoms with Gasteiger partial charge in [-0.3, -0.25) is 0 Å². The molecular formula is C29H30N2O2. The molecule has 1 aromatic heterocycles. The van der Waals surface area contributed by atoms with Crippen LogP contribution in [-0.4, -0.2) is 15.7 Å². The van der Waals surface area contributed by atoms with Gasteiger partial charge in [0.15, 0.2) is 0 Å². The van der Waals surface area contributed by atoms with Crippen LogP contribution < -0.4 is 4.74 Å². The fourth-order valence-electron chi connectivity index (χ4n) is 6.04. The summed E-state index contributed by atoms with van der Waals surface area (Å²) in [7, 11) is 0. The molecule has 1 heterocycles. The quantitative estimate of drug-likeness (QED) is 0.570. The van der Waals surface area contributed by atoms with Crippen molar-refractivity contribution in [3.8, 4) is 11.8 Å². The molecule has 4 heteroatoms. The zero-order valence-electron chi connectivity index (χ0n) is 19.1. The van der Waals surface area contributed by atoms with Crippen molar-refractivity contribution in [3.63, 3.8) is 0 Å². The van der Waals surface area contributed by atoms with Gasteiger partial charge in [-0.05, 0) is 86.3 Å². The zero-order chi connectivity index (χ0) is 22.9. The van der Waals surface area contributed by atoms with Crippen LogP contribution in [0.5, 0.6) is 5.75 Å². The number of pyridine rings is 1. The van der Waals surface area contributed by atoms with Crippen LogP contribution in [-0.2, 0) is 24.9 Å². The van der Waals surface area contributed by atoms with E-state index in [1.54, 1.807) is 6.20 Å². The third-order valence-corrected chi connectivity index (χ3v) is 7.71. The number of hydrogen-bond acceptors (Lipinski definition) is 4. The summed E-state index contributed by atoms with van der Waals surface area (Å²) in [6.45, 7) is 2.33. The minimum Gasteiger partial charge on any atom is -0.489 e. The molecular weight excluding hydrogens is 408 g/mol. The predicted molar refractivity (Wildman–Crippen MR) is 128 cm³/mol. The predicted octanol–water partition coefficient (Wildman–Crippen LogP) is 5.51. The summed E-state index contributed by atoms with van der Waals surface area (Å²) in [5.74, 6) is 1.30. The highest BCUT2D eigenvalue weighted by Crippen LogP contribution is 2.54. The molecule has 0 radical (unpaired) electrons. The van der Waals surface area contributed by atoms with Crippen LogP contribution in [0.1, 0.15) is 60.6 Å². The summed E-state index contributed by atoms with van der Waals surface area (Å²) in [5.41, 5.74) is 4.82. The van der Waals surface area contributed by atoms with Gasteiger partial charge in [-0.25, -0.2) is 4.98 Å². The highest BCUT2D eigenvalue weighted by atomic mass is 16.5. The maximum Gasteiger partial charge on any atom is 0.147 e. The first kappa shape index (κ1) is 21.7. The van der Waals surface area contributed by atoms with Crippen LogP contribution in [0.15, 0.2) is 66.9 Å². The van der Waals surface area contributed by atoms with Crippen LogP contribution in [0.4, 0.5) is 0 Å². The van der Waals surface area contributed by atoms with Gasteiger partial charge in [-0.2, -0.15) is 5.26 Å². The van der Waals surface area contributed by atoms with E-state index in [4.69, 9.17) is 4.74 Å². The normalized spacial score (nSPS) is 26.0. The average Bonchev–Trinajstić information content (AvgIpc) is 2.83. The van der Waals surface area contributed by atoms with Crippen LogP contribution in [0.25, 0.3) is 0 Å². The Bertz CT molecular complexity index is 1180. The fraction of sp³-hybridized carbons (Fsp3) is 0.379. The van der Waals surface area contributed by atoms with E-state index in [0.29, 0.717) is 18.2 Å². The van der Waals surface area contributed by atoms with Crippen molar-refractivity contribution in [3.05, 3.63) is 94.8 Å². The molecule has 2 aliphatic rings. The van der Waals surface area contributed by atoms with Crippen molar-refractivity contribution in [1.82, 2.24) is 4.98 Å². The van der Waals surface area contributed by atoms with Crippen molar-refractivity contribution in [2.75, 3.05) is 0 Å². The molecule has 0 spiro atoms. The van der Waals surface area contributed by atoms with Gasteiger partial charge in [0, 0.05) is 17.2 Å². The van der Waals surface area contributed by atoms with Crippen LogP contribution >= 0.6 is 0 Å². The molecule has 0 bridgehead atoms. The van der Waals surface area contributed by atoms with Crippen LogP contribution in [0, 0.1) is 17.2 Å². The van der Waals surface area contributed by atoms with Gasteiger partial charge >= 0.3 is 0 Å². The largest absolute Gasteiger partial charge is 0.489 e. The van der Waals surface area contributed by atoms with Crippen LogP contribution in [0.3, 0.4) is 0 Å². The van der Waals surface area contributed by atoms with E-state index in [0.717, 1.165) is 49.8 Å². The van der Waals surface area contributed by atoms with E-state index in [-0.39, 0.29) is 5.41 Å². The second-order valence-electron chi connectivity index (χ2n) is 9.99. The van der Waals surface area contributed by atoms with E-state index in [1.165, 1.54) is 16.7 Å². The number of rotatable bonds is 5. The van der Waals surface area contributed by atoms with Crippen molar-refractivity contribution in [2.45, 2.75) is 63.1 Å². The van der Waals surface area contributed by atoms with Gasteiger partial charge in [-0.1, -0.05) is 42.5 Å². The lowest BCUT2D eigenvalue weighted by molar-refractivity contribution is -0.0367. The summed E-state index contributed by atoms with van der Waals surface area (Å²) in [5, 5.41) is 20.1. The highest BCUT2D eigenvalue weighted by Gasteiger charge is 2.50. The Balaban J connectivity index is 1.45. The molecule has 1 N–H and O–H groups in total. The van der Waals surface area contributed by atoms with Crippen molar-refractivity contribution >= 4 is 0 Å². The van der Waals surface area contributed by atoms with Crippen molar-refractivity contribution < 1.29 is 9.84 Å². The van der Waals surface area contributed by atoms with E-state index in [1.807, 2.05) is 19.1 Å². The number of benzene rings is 2. The Hall–Kier alpha value is -3.16. The number of ether oxygens (including phenoxy) is 1. The molecule has 0 amide bonds. The standard InChI is InChI=1S/C29H30N2O2/c1-28(32)13-14-29(17-21-6-3-2-4-7-21)24(18-28)10-9-22-16-25(11-12-26(22)29)33-20-23-8-5-15-31-27(23)19-30/h2-8,11-12,15-16,24,32H,9-10,13-14,17-18,20H2,1H3/t24-,28-,29+/m1/s1. The Morgan fingerprint density at radius 3 is 2.79 bits per heavy atom. The highest BCUT2D eigenvalue weighted by molar-refractivity contribution is 5.45. The molecule has 2 aliphatic carbocycles. The molecule has 0 aliphatic heterocycles. The number of fused-ring (bicyclic) bond motifs is 3. The lowest BCUT2D eigenvalue weighted by Crippen LogP contribution is -2.50. The van der Waals surface area contributed by atoms with Crippen LogP contribution in [0.2, 0.25) is 0 Å². The Morgan fingerprint density at radius 2 is 1.97 bits per heavy atom. The molecule has 168 valence electrons. The second kappa shape index (κ2) is 8.65. The number of aryl methyl sites for hydroxylation is 1.